The fraction of sp³-hybridized carbons (Fsp3) is 0.353. The molecule has 0 aliphatic heterocycles. The number of hydrogen-bond donors (Lipinski definition) is 1. The highest BCUT2D eigenvalue weighted by Gasteiger charge is 2.24. The number of nitrogens with one attached hydrogen (secondary N) is 1. The Morgan fingerprint density at radius 1 is 1.26 bits per heavy atom. The second kappa shape index (κ2) is 5.49. The number of rotatable bonds is 3. The topological polar surface area (TPSA) is 63.0 Å². The van der Waals surface area contributed by atoms with E-state index < -0.39 is 0 Å². The van der Waals surface area contributed by atoms with Crippen LogP contribution in [0.4, 0.5) is 0 Å². The molecule has 0 unspecified atom stereocenters. The van der Waals surface area contributed by atoms with Crippen LogP contribution in [0.25, 0.3) is 17.0 Å². The van der Waals surface area contributed by atoms with Crippen LogP contribution in [-0.4, -0.2) is 25.6 Å². The lowest BCUT2D eigenvalue weighted by molar-refractivity contribution is -0.116. The molecule has 0 radical (unpaired) electrons. The van der Waals surface area contributed by atoms with Gasteiger partial charge in [-0.15, -0.1) is 5.10 Å². The highest BCUT2D eigenvalue weighted by Crippen LogP contribution is 2.31. The van der Waals surface area contributed by atoms with E-state index in [0.717, 1.165) is 16.8 Å². The van der Waals surface area contributed by atoms with Crippen molar-refractivity contribution in [2.75, 3.05) is 0 Å². The van der Waals surface area contributed by atoms with Crippen molar-refractivity contribution in [3.8, 4) is 11.4 Å². The minimum atomic E-state index is -0.103. The first kappa shape index (κ1) is 15.7. The lowest BCUT2D eigenvalue weighted by Crippen LogP contribution is -2.12. The second-order valence-electron chi connectivity index (χ2n) is 6.80. The summed E-state index contributed by atoms with van der Waals surface area (Å²) < 4.78 is 1.61. The zero-order chi connectivity index (χ0) is 16.8. The SMILES string of the molecule is CC(=O)Cc1ccc(-c2nc3c(Cl)c(C(C)(C)C)[nH]n3n2)cc1. The summed E-state index contributed by atoms with van der Waals surface area (Å²) in [6, 6.07) is 7.69. The molecule has 0 spiro atoms. The third-order valence-electron chi connectivity index (χ3n) is 3.66. The predicted octanol–water partition coefficient (Wildman–Crippen LogP) is 3.81. The predicted molar refractivity (Wildman–Crippen MR) is 90.9 cm³/mol. The molecule has 2 heterocycles. The molecular weight excluding hydrogens is 312 g/mol. The van der Waals surface area contributed by atoms with Gasteiger partial charge in [-0.1, -0.05) is 56.6 Å². The molecule has 3 aromatic rings. The summed E-state index contributed by atoms with van der Waals surface area (Å²) in [5, 5.41) is 8.27. The summed E-state index contributed by atoms with van der Waals surface area (Å²) in [5.41, 5.74) is 3.31. The number of ketones is 1. The summed E-state index contributed by atoms with van der Waals surface area (Å²) in [5.74, 6) is 0.751. The monoisotopic (exact) mass is 330 g/mol. The summed E-state index contributed by atoms with van der Waals surface area (Å²) in [7, 11) is 0. The van der Waals surface area contributed by atoms with Crippen molar-refractivity contribution in [2.45, 2.75) is 39.5 Å². The molecule has 0 aliphatic rings. The molecule has 1 N–H and O–H groups in total. The molecular formula is C17H19ClN4O. The van der Waals surface area contributed by atoms with Gasteiger partial charge in [-0.2, -0.15) is 4.63 Å². The highest BCUT2D eigenvalue weighted by molar-refractivity contribution is 6.34. The number of hydrogen-bond acceptors (Lipinski definition) is 3. The molecule has 0 fully saturated rings. The van der Waals surface area contributed by atoms with Gasteiger partial charge < -0.3 is 0 Å². The molecule has 0 aliphatic carbocycles. The Morgan fingerprint density at radius 2 is 1.91 bits per heavy atom. The van der Waals surface area contributed by atoms with E-state index in [4.69, 9.17) is 11.6 Å². The van der Waals surface area contributed by atoms with Crippen molar-refractivity contribution >= 4 is 23.0 Å². The number of fused-ring (bicyclic) bond motifs is 1. The van der Waals surface area contributed by atoms with Crippen molar-refractivity contribution < 1.29 is 4.79 Å². The van der Waals surface area contributed by atoms with Crippen LogP contribution < -0.4 is 0 Å². The third-order valence-corrected chi connectivity index (χ3v) is 4.01. The van der Waals surface area contributed by atoms with Crippen LogP contribution >= 0.6 is 11.6 Å². The van der Waals surface area contributed by atoms with Crippen molar-refractivity contribution in [2.24, 2.45) is 0 Å². The van der Waals surface area contributed by atoms with Crippen LogP contribution in [0.2, 0.25) is 5.02 Å². The molecule has 0 amide bonds. The Hall–Kier alpha value is -2.14. The molecule has 0 bridgehead atoms. The van der Waals surface area contributed by atoms with Crippen molar-refractivity contribution in [1.82, 2.24) is 19.8 Å². The molecule has 120 valence electrons. The Bertz CT molecular complexity index is 869. The summed E-state index contributed by atoms with van der Waals surface area (Å²) in [4.78, 5) is 15.7. The van der Waals surface area contributed by atoms with Crippen molar-refractivity contribution in [3.63, 3.8) is 0 Å². The number of carbonyl (C=O) groups excluding carboxylic acids is 1. The zero-order valence-corrected chi connectivity index (χ0v) is 14.4. The van der Waals surface area contributed by atoms with Crippen LogP contribution in [0.3, 0.4) is 0 Å². The smallest absolute Gasteiger partial charge is 0.194 e. The molecule has 3 rings (SSSR count). The summed E-state index contributed by atoms with van der Waals surface area (Å²) >= 11 is 6.43. The normalized spacial score (nSPS) is 12.0. The average Bonchev–Trinajstić information content (AvgIpc) is 2.98. The van der Waals surface area contributed by atoms with E-state index in [1.54, 1.807) is 11.6 Å². The van der Waals surface area contributed by atoms with Gasteiger partial charge in [0, 0.05) is 17.4 Å². The fourth-order valence-corrected chi connectivity index (χ4v) is 2.93. The van der Waals surface area contributed by atoms with E-state index in [0.29, 0.717) is 22.9 Å². The standard InChI is InChI=1S/C17H19ClN4O/c1-10(23)9-11-5-7-12(8-6-11)15-19-16-13(18)14(17(2,3)4)20-22(16)21-15/h5-8,20H,9H2,1-4H3. The first-order valence-electron chi connectivity index (χ1n) is 7.49. The number of aromatic nitrogens is 4. The third kappa shape index (κ3) is 3.01. The number of benzene rings is 1. The van der Waals surface area contributed by atoms with Gasteiger partial charge in [0.15, 0.2) is 11.5 Å². The van der Waals surface area contributed by atoms with Gasteiger partial charge in [-0.05, 0) is 12.5 Å². The molecule has 2 aromatic heterocycles. The van der Waals surface area contributed by atoms with E-state index in [9.17, 15) is 4.79 Å². The number of aromatic amines is 1. The lowest BCUT2D eigenvalue weighted by atomic mass is 9.92. The largest absolute Gasteiger partial charge is 0.300 e. The first-order chi connectivity index (χ1) is 10.8. The first-order valence-corrected chi connectivity index (χ1v) is 7.87. The number of halogens is 1. The minimum absolute atomic E-state index is 0.103. The number of nitrogens with zero attached hydrogens (tertiary/aromatic N) is 3. The highest BCUT2D eigenvalue weighted by atomic mass is 35.5. The molecule has 6 heteroatoms. The maximum atomic E-state index is 11.2. The number of Topliss-reactive ketones (excluding diaryl/α,β-unsaturated/α-hetero) is 1. The van der Waals surface area contributed by atoms with Gasteiger partial charge in [0.05, 0.1) is 5.69 Å². The van der Waals surface area contributed by atoms with Gasteiger partial charge in [0.1, 0.15) is 10.8 Å². The van der Waals surface area contributed by atoms with E-state index >= 15 is 0 Å². The minimum Gasteiger partial charge on any atom is -0.300 e. The number of H-pyrrole nitrogens is 1. The van der Waals surface area contributed by atoms with Crippen LogP contribution in [0.15, 0.2) is 24.3 Å². The summed E-state index contributed by atoms with van der Waals surface area (Å²) in [6.45, 7) is 7.83. The van der Waals surface area contributed by atoms with Crippen LogP contribution in [0.1, 0.15) is 39.0 Å². The Morgan fingerprint density at radius 3 is 2.43 bits per heavy atom. The number of carbonyl (C=O) groups is 1. The quantitative estimate of drug-likeness (QED) is 0.794. The van der Waals surface area contributed by atoms with Gasteiger partial charge in [-0.25, -0.2) is 4.98 Å². The Labute approximate surface area is 139 Å². The van der Waals surface area contributed by atoms with E-state index in [1.807, 2.05) is 24.3 Å². The second-order valence-corrected chi connectivity index (χ2v) is 7.18. The average molecular weight is 331 g/mol. The Kier molecular flexibility index (Phi) is 3.76. The van der Waals surface area contributed by atoms with Crippen LogP contribution in [-0.2, 0) is 16.6 Å². The Balaban J connectivity index is 1.96. The molecule has 5 nitrogen and oxygen atoms in total. The van der Waals surface area contributed by atoms with Gasteiger partial charge in [-0.3, -0.25) is 9.89 Å². The molecule has 23 heavy (non-hydrogen) atoms. The van der Waals surface area contributed by atoms with E-state index in [2.05, 4.69) is 36.0 Å². The maximum Gasteiger partial charge on any atom is 0.194 e. The lowest BCUT2D eigenvalue weighted by Gasteiger charge is -2.16. The molecule has 0 saturated heterocycles. The van der Waals surface area contributed by atoms with E-state index in [-0.39, 0.29) is 11.2 Å². The maximum absolute atomic E-state index is 11.2. The van der Waals surface area contributed by atoms with Gasteiger partial charge >= 0.3 is 0 Å². The van der Waals surface area contributed by atoms with Crippen molar-refractivity contribution in [3.05, 3.63) is 40.5 Å². The fourth-order valence-electron chi connectivity index (χ4n) is 2.48. The van der Waals surface area contributed by atoms with E-state index in [1.165, 1.54) is 0 Å². The molecule has 0 saturated carbocycles. The van der Waals surface area contributed by atoms with Crippen molar-refractivity contribution in [1.29, 1.82) is 0 Å². The van der Waals surface area contributed by atoms with Crippen LogP contribution in [0.5, 0.6) is 0 Å². The summed E-state index contributed by atoms with van der Waals surface area (Å²) in [6.07, 6.45) is 0.443. The molecule has 0 atom stereocenters. The van der Waals surface area contributed by atoms with Gasteiger partial charge in [0.25, 0.3) is 0 Å². The van der Waals surface area contributed by atoms with Crippen LogP contribution in [0, 0.1) is 0 Å². The van der Waals surface area contributed by atoms with Gasteiger partial charge in [0.2, 0.25) is 0 Å². The zero-order valence-electron chi connectivity index (χ0n) is 13.6. The molecule has 1 aromatic carbocycles.